The Morgan fingerprint density at radius 3 is 2.84 bits per heavy atom. The Hall–Kier alpha value is -1.49. The molecule has 0 unspecified atom stereocenters. The Balaban J connectivity index is 2.36. The maximum absolute atomic E-state index is 6.17. The Labute approximate surface area is 122 Å². The van der Waals surface area contributed by atoms with Crippen LogP contribution in [-0.4, -0.2) is 9.78 Å². The molecule has 0 radical (unpaired) electrons. The number of nitrogen functional groups attached to an aromatic ring is 1. The van der Waals surface area contributed by atoms with Gasteiger partial charge in [0, 0.05) is 11.5 Å². The van der Waals surface area contributed by atoms with Gasteiger partial charge in [0.05, 0.1) is 17.1 Å². The van der Waals surface area contributed by atoms with E-state index < -0.39 is 0 Å². The first kappa shape index (κ1) is 13.9. The molecule has 0 aliphatic heterocycles. The molecule has 102 valence electrons. The predicted molar refractivity (Wildman–Crippen MR) is 83.8 cm³/mol. The van der Waals surface area contributed by atoms with Gasteiger partial charge in [-0.05, 0) is 40.9 Å². The molecule has 3 N–H and O–H groups in total. The lowest BCUT2D eigenvalue weighted by molar-refractivity contribution is 0.740. The van der Waals surface area contributed by atoms with Crippen LogP contribution in [0, 0.1) is 6.92 Å². The number of anilines is 3. The van der Waals surface area contributed by atoms with Gasteiger partial charge in [-0.2, -0.15) is 5.10 Å². The molecule has 0 bridgehead atoms. The van der Waals surface area contributed by atoms with Crippen LogP contribution in [0.5, 0.6) is 0 Å². The van der Waals surface area contributed by atoms with Crippen molar-refractivity contribution < 1.29 is 0 Å². The number of rotatable bonds is 4. The van der Waals surface area contributed by atoms with E-state index in [0.717, 1.165) is 40.2 Å². The number of nitrogens with zero attached hydrogens (tertiary/aromatic N) is 2. The average molecular weight is 323 g/mol. The van der Waals surface area contributed by atoms with Crippen LogP contribution in [0.25, 0.3) is 0 Å². The number of halogens is 1. The number of benzene rings is 1. The number of aromatic nitrogens is 2. The summed E-state index contributed by atoms with van der Waals surface area (Å²) in [5.41, 5.74) is 10.0. The van der Waals surface area contributed by atoms with Gasteiger partial charge in [-0.3, -0.25) is 4.68 Å². The second-order valence-electron chi connectivity index (χ2n) is 4.64. The van der Waals surface area contributed by atoms with Crippen molar-refractivity contribution in [1.82, 2.24) is 9.78 Å². The highest BCUT2D eigenvalue weighted by Gasteiger charge is 2.14. The third kappa shape index (κ3) is 2.76. The molecule has 1 aromatic carbocycles. The quantitative estimate of drug-likeness (QED) is 0.900. The Morgan fingerprint density at radius 1 is 1.42 bits per heavy atom. The first-order valence-corrected chi connectivity index (χ1v) is 7.17. The minimum absolute atomic E-state index is 0.734. The second-order valence-corrected chi connectivity index (χ2v) is 5.44. The van der Waals surface area contributed by atoms with Crippen LogP contribution >= 0.6 is 15.9 Å². The molecular weight excluding hydrogens is 304 g/mol. The van der Waals surface area contributed by atoms with E-state index >= 15 is 0 Å². The topological polar surface area (TPSA) is 55.9 Å². The zero-order valence-electron chi connectivity index (χ0n) is 11.5. The van der Waals surface area contributed by atoms with Crippen LogP contribution in [0.2, 0.25) is 0 Å². The maximum Gasteiger partial charge on any atom is 0.152 e. The summed E-state index contributed by atoms with van der Waals surface area (Å²) in [4.78, 5) is 0. The van der Waals surface area contributed by atoms with E-state index in [9.17, 15) is 0 Å². The summed E-state index contributed by atoms with van der Waals surface area (Å²) >= 11 is 3.59. The van der Waals surface area contributed by atoms with Crippen LogP contribution in [0.3, 0.4) is 0 Å². The summed E-state index contributed by atoms with van der Waals surface area (Å²) in [6.45, 7) is 4.18. The van der Waals surface area contributed by atoms with E-state index in [1.165, 1.54) is 5.56 Å². The van der Waals surface area contributed by atoms with E-state index in [0.29, 0.717) is 0 Å². The number of hydrogen-bond acceptors (Lipinski definition) is 3. The van der Waals surface area contributed by atoms with Crippen molar-refractivity contribution in [3.05, 3.63) is 33.9 Å². The molecular formula is C14H19BrN4. The molecule has 0 saturated heterocycles. The van der Waals surface area contributed by atoms with Gasteiger partial charge < -0.3 is 11.1 Å². The van der Waals surface area contributed by atoms with Gasteiger partial charge in [-0.25, -0.2) is 0 Å². The summed E-state index contributed by atoms with van der Waals surface area (Å²) in [6.07, 6.45) is 1.94. The highest BCUT2D eigenvalue weighted by molar-refractivity contribution is 9.10. The van der Waals surface area contributed by atoms with Crippen LogP contribution < -0.4 is 11.1 Å². The van der Waals surface area contributed by atoms with Crippen molar-refractivity contribution in [2.45, 2.75) is 26.7 Å². The van der Waals surface area contributed by atoms with Gasteiger partial charge in [-0.1, -0.05) is 25.5 Å². The minimum Gasteiger partial charge on any atom is -0.394 e. The van der Waals surface area contributed by atoms with Crippen molar-refractivity contribution in [1.29, 1.82) is 0 Å². The van der Waals surface area contributed by atoms with E-state index in [4.69, 9.17) is 5.73 Å². The molecule has 1 aromatic heterocycles. The fourth-order valence-electron chi connectivity index (χ4n) is 2.04. The standard InChI is InChI=1S/C14H19BrN4/c1-4-6-11-13(16)14(19(3)18-11)17-10-8-5-7-9(2)12(10)15/h5,7-8,17H,4,6,16H2,1-3H3. The Kier molecular flexibility index (Phi) is 4.14. The van der Waals surface area contributed by atoms with Gasteiger partial charge in [0.15, 0.2) is 5.82 Å². The molecule has 2 aromatic rings. The van der Waals surface area contributed by atoms with Crippen molar-refractivity contribution >= 4 is 33.1 Å². The van der Waals surface area contributed by atoms with Gasteiger partial charge in [0.2, 0.25) is 0 Å². The summed E-state index contributed by atoms with van der Waals surface area (Å²) in [7, 11) is 1.90. The van der Waals surface area contributed by atoms with Crippen LogP contribution in [-0.2, 0) is 13.5 Å². The third-order valence-corrected chi connectivity index (χ3v) is 4.14. The summed E-state index contributed by atoms with van der Waals surface area (Å²) in [5.74, 6) is 0.842. The lowest BCUT2D eigenvalue weighted by Crippen LogP contribution is -2.02. The molecule has 1 heterocycles. The number of aryl methyl sites for hydroxylation is 3. The van der Waals surface area contributed by atoms with Gasteiger partial charge in [0.1, 0.15) is 0 Å². The van der Waals surface area contributed by atoms with Crippen LogP contribution in [0.4, 0.5) is 17.2 Å². The maximum atomic E-state index is 6.17. The Morgan fingerprint density at radius 2 is 2.16 bits per heavy atom. The molecule has 0 spiro atoms. The van der Waals surface area contributed by atoms with Crippen molar-refractivity contribution in [3.63, 3.8) is 0 Å². The molecule has 4 nitrogen and oxygen atoms in total. The first-order valence-electron chi connectivity index (χ1n) is 6.38. The number of hydrogen-bond donors (Lipinski definition) is 2. The highest BCUT2D eigenvalue weighted by atomic mass is 79.9. The summed E-state index contributed by atoms with van der Waals surface area (Å²) in [6, 6.07) is 6.09. The fraction of sp³-hybridized carbons (Fsp3) is 0.357. The van der Waals surface area contributed by atoms with E-state index in [-0.39, 0.29) is 0 Å². The van der Waals surface area contributed by atoms with Gasteiger partial charge in [0.25, 0.3) is 0 Å². The van der Waals surface area contributed by atoms with Crippen LogP contribution in [0.1, 0.15) is 24.6 Å². The first-order chi connectivity index (χ1) is 9.04. The summed E-state index contributed by atoms with van der Waals surface area (Å²) in [5, 5.41) is 7.82. The number of nitrogens with one attached hydrogen (secondary N) is 1. The highest BCUT2D eigenvalue weighted by Crippen LogP contribution is 2.32. The average Bonchev–Trinajstić information content (AvgIpc) is 2.63. The molecule has 0 aliphatic carbocycles. The lowest BCUT2D eigenvalue weighted by Gasteiger charge is -2.11. The molecule has 0 atom stereocenters. The smallest absolute Gasteiger partial charge is 0.152 e. The molecule has 0 amide bonds. The van der Waals surface area contributed by atoms with Crippen molar-refractivity contribution in [2.24, 2.45) is 7.05 Å². The largest absolute Gasteiger partial charge is 0.394 e. The Bertz CT molecular complexity index is 589. The molecule has 0 saturated carbocycles. The van der Waals surface area contributed by atoms with Crippen LogP contribution in [0.15, 0.2) is 22.7 Å². The monoisotopic (exact) mass is 322 g/mol. The normalized spacial score (nSPS) is 10.7. The van der Waals surface area contributed by atoms with E-state index in [1.54, 1.807) is 4.68 Å². The lowest BCUT2D eigenvalue weighted by atomic mass is 10.2. The molecule has 0 aliphatic rings. The zero-order valence-corrected chi connectivity index (χ0v) is 13.1. The number of nitrogens with two attached hydrogens (primary N) is 1. The predicted octanol–water partition coefficient (Wildman–Crippen LogP) is 3.77. The van der Waals surface area contributed by atoms with Crippen molar-refractivity contribution in [2.75, 3.05) is 11.1 Å². The molecule has 5 heteroatoms. The SMILES string of the molecule is CCCc1nn(C)c(Nc2cccc(C)c2Br)c1N. The van der Waals surface area contributed by atoms with E-state index in [2.05, 4.69) is 46.3 Å². The van der Waals surface area contributed by atoms with Gasteiger partial charge >= 0.3 is 0 Å². The van der Waals surface area contributed by atoms with Gasteiger partial charge in [-0.15, -0.1) is 0 Å². The molecule has 2 rings (SSSR count). The zero-order chi connectivity index (χ0) is 14.0. The minimum atomic E-state index is 0.734. The summed E-state index contributed by atoms with van der Waals surface area (Å²) < 4.78 is 2.85. The second kappa shape index (κ2) is 5.65. The third-order valence-electron chi connectivity index (χ3n) is 3.09. The van der Waals surface area contributed by atoms with E-state index in [1.807, 2.05) is 19.2 Å². The molecule has 19 heavy (non-hydrogen) atoms. The fourth-order valence-corrected chi connectivity index (χ4v) is 2.40. The van der Waals surface area contributed by atoms with Crippen molar-refractivity contribution in [3.8, 4) is 0 Å². The molecule has 0 fully saturated rings.